The number of hydrogen-bond acceptors (Lipinski definition) is 6. The van der Waals surface area contributed by atoms with Crippen molar-refractivity contribution in [1.29, 1.82) is 0 Å². The van der Waals surface area contributed by atoms with Crippen molar-refractivity contribution in [3.05, 3.63) is 54.4 Å². The number of ether oxygens (including phenoxy) is 1. The van der Waals surface area contributed by atoms with Crippen molar-refractivity contribution in [2.75, 3.05) is 11.8 Å². The topological polar surface area (TPSA) is 94.3 Å². The Kier molecular flexibility index (Phi) is 4.71. The molecule has 2 aromatic carbocycles. The molecule has 130 valence electrons. The number of hydrogen-bond donors (Lipinski definition) is 1. The molecule has 0 aliphatic rings. The van der Waals surface area contributed by atoms with Gasteiger partial charge in [0.05, 0.1) is 12.0 Å². The van der Waals surface area contributed by atoms with Crippen molar-refractivity contribution in [2.24, 2.45) is 0 Å². The van der Waals surface area contributed by atoms with Gasteiger partial charge in [-0.3, -0.25) is 4.72 Å². The lowest BCUT2D eigenvalue weighted by Crippen LogP contribution is -2.12. The van der Waals surface area contributed by atoms with E-state index in [1.54, 1.807) is 36.4 Å². The molecule has 0 aliphatic carbocycles. The van der Waals surface area contributed by atoms with Crippen LogP contribution in [0.15, 0.2) is 57.8 Å². The maximum Gasteiger partial charge on any atom is 0.262 e. The average molecular weight is 359 g/mol. The molecule has 0 bridgehead atoms. The van der Waals surface area contributed by atoms with Crippen molar-refractivity contribution in [3.8, 4) is 17.2 Å². The van der Waals surface area contributed by atoms with Gasteiger partial charge in [0.2, 0.25) is 11.8 Å². The van der Waals surface area contributed by atoms with Crippen molar-refractivity contribution in [1.82, 2.24) is 10.2 Å². The normalized spacial score (nSPS) is 11.3. The van der Waals surface area contributed by atoms with E-state index < -0.39 is 10.0 Å². The van der Waals surface area contributed by atoms with Gasteiger partial charge in [-0.05, 0) is 36.4 Å². The van der Waals surface area contributed by atoms with Gasteiger partial charge in [-0.25, -0.2) is 8.42 Å². The van der Waals surface area contributed by atoms with E-state index in [-0.39, 0.29) is 4.90 Å². The Morgan fingerprint density at radius 1 is 1.12 bits per heavy atom. The van der Waals surface area contributed by atoms with Crippen LogP contribution in [-0.4, -0.2) is 25.7 Å². The number of sulfonamides is 1. The van der Waals surface area contributed by atoms with Crippen LogP contribution in [0.2, 0.25) is 0 Å². The van der Waals surface area contributed by atoms with Crippen molar-refractivity contribution in [3.63, 3.8) is 0 Å². The van der Waals surface area contributed by atoms with Crippen LogP contribution in [0.4, 0.5) is 5.69 Å². The predicted molar refractivity (Wildman–Crippen MR) is 92.9 cm³/mol. The van der Waals surface area contributed by atoms with Gasteiger partial charge in [0.15, 0.2) is 0 Å². The van der Waals surface area contributed by atoms with Gasteiger partial charge < -0.3 is 9.15 Å². The molecule has 1 heterocycles. The number of nitrogens with zero attached hydrogens (tertiary/aromatic N) is 2. The monoisotopic (exact) mass is 359 g/mol. The molecular weight excluding hydrogens is 342 g/mol. The fourth-order valence-electron chi connectivity index (χ4n) is 2.18. The summed E-state index contributed by atoms with van der Waals surface area (Å²) in [6, 6.07) is 13.0. The number of anilines is 1. The lowest BCUT2D eigenvalue weighted by atomic mass is 10.2. The quantitative estimate of drug-likeness (QED) is 0.727. The van der Waals surface area contributed by atoms with E-state index in [0.29, 0.717) is 29.6 Å². The molecule has 0 saturated heterocycles. The SMILES string of the molecule is CCc1nnc(-c2ccc(NS(=O)(=O)c3cccc(OC)c3)cc2)o1. The number of nitrogens with one attached hydrogen (secondary N) is 1. The molecule has 7 nitrogen and oxygen atoms in total. The Balaban J connectivity index is 1.80. The Hall–Kier alpha value is -2.87. The third-order valence-electron chi connectivity index (χ3n) is 3.50. The number of aromatic nitrogens is 2. The summed E-state index contributed by atoms with van der Waals surface area (Å²) in [5.41, 5.74) is 1.15. The first-order chi connectivity index (χ1) is 12.0. The van der Waals surface area contributed by atoms with E-state index in [1.165, 1.54) is 19.2 Å². The lowest BCUT2D eigenvalue weighted by Gasteiger charge is -2.09. The van der Waals surface area contributed by atoms with Crippen LogP contribution < -0.4 is 9.46 Å². The van der Waals surface area contributed by atoms with E-state index in [0.717, 1.165) is 5.56 Å². The third kappa shape index (κ3) is 3.80. The summed E-state index contributed by atoms with van der Waals surface area (Å²) in [5.74, 6) is 1.43. The Morgan fingerprint density at radius 3 is 2.52 bits per heavy atom. The summed E-state index contributed by atoms with van der Waals surface area (Å²) in [6.45, 7) is 1.92. The fourth-order valence-corrected chi connectivity index (χ4v) is 3.27. The van der Waals surface area contributed by atoms with Crippen LogP contribution in [-0.2, 0) is 16.4 Å². The second kappa shape index (κ2) is 6.94. The smallest absolute Gasteiger partial charge is 0.262 e. The Morgan fingerprint density at radius 2 is 1.88 bits per heavy atom. The number of methoxy groups -OCH3 is 1. The number of benzene rings is 2. The van der Waals surface area contributed by atoms with E-state index in [2.05, 4.69) is 14.9 Å². The second-order valence-corrected chi connectivity index (χ2v) is 6.90. The maximum absolute atomic E-state index is 12.5. The van der Waals surface area contributed by atoms with Gasteiger partial charge in [0, 0.05) is 23.7 Å². The zero-order chi connectivity index (χ0) is 17.9. The van der Waals surface area contributed by atoms with Crippen LogP contribution in [0.25, 0.3) is 11.5 Å². The van der Waals surface area contributed by atoms with Crippen LogP contribution in [0.5, 0.6) is 5.75 Å². The van der Waals surface area contributed by atoms with Gasteiger partial charge in [0.25, 0.3) is 10.0 Å². The van der Waals surface area contributed by atoms with E-state index in [9.17, 15) is 8.42 Å². The first-order valence-corrected chi connectivity index (χ1v) is 9.10. The highest BCUT2D eigenvalue weighted by molar-refractivity contribution is 7.92. The van der Waals surface area contributed by atoms with Gasteiger partial charge in [-0.15, -0.1) is 10.2 Å². The zero-order valence-corrected chi connectivity index (χ0v) is 14.6. The molecule has 0 aliphatic heterocycles. The molecule has 0 atom stereocenters. The van der Waals surface area contributed by atoms with E-state index >= 15 is 0 Å². The molecule has 0 saturated carbocycles. The molecule has 8 heteroatoms. The minimum Gasteiger partial charge on any atom is -0.497 e. The fraction of sp³-hybridized carbons (Fsp3) is 0.176. The molecular formula is C17H17N3O4S. The van der Waals surface area contributed by atoms with Gasteiger partial charge in [-0.1, -0.05) is 13.0 Å². The summed E-state index contributed by atoms with van der Waals surface area (Å²) in [5, 5.41) is 7.87. The van der Waals surface area contributed by atoms with Crippen LogP contribution >= 0.6 is 0 Å². The predicted octanol–water partition coefficient (Wildman–Crippen LogP) is 3.11. The summed E-state index contributed by atoms with van der Waals surface area (Å²) < 4.78 is 38.0. The van der Waals surface area contributed by atoms with Crippen LogP contribution in [0, 0.1) is 0 Å². The van der Waals surface area contributed by atoms with Gasteiger partial charge in [0.1, 0.15) is 5.75 Å². The molecule has 0 unspecified atom stereocenters. The summed E-state index contributed by atoms with van der Waals surface area (Å²) in [4.78, 5) is 0.125. The van der Waals surface area contributed by atoms with Gasteiger partial charge >= 0.3 is 0 Å². The third-order valence-corrected chi connectivity index (χ3v) is 4.88. The largest absolute Gasteiger partial charge is 0.497 e. The van der Waals surface area contributed by atoms with Crippen LogP contribution in [0.3, 0.4) is 0 Å². The highest BCUT2D eigenvalue weighted by atomic mass is 32.2. The van der Waals surface area contributed by atoms with Crippen molar-refractivity contribution in [2.45, 2.75) is 18.2 Å². The molecule has 0 fully saturated rings. The molecule has 3 aromatic rings. The van der Waals surface area contributed by atoms with Crippen molar-refractivity contribution >= 4 is 15.7 Å². The lowest BCUT2D eigenvalue weighted by molar-refractivity contribution is 0.413. The first-order valence-electron chi connectivity index (χ1n) is 7.61. The molecule has 25 heavy (non-hydrogen) atoms. The zero-order valence-electron chi connectivity index (χ0n) is 13.8. The maximum atomic E-state index is 12.5. The van der Waals surface area contributed by atoms with E-state index in [1.807, 2.05) is 6.92 Å². The van der Waals surface area contributed by atoms with Crippen LogP contribution in [0.1, 0.15) is 12.8 Å². The Bertz CT molecular complexity index is 966. The van der Waals surface area contributed by atoms with E-state index in [4.69, 9.17) is 9.15 Å². The molecule has 1 aromatic heterocycles. The minimum absolute atomic E-state index is 0.125. The van der Waals surface area contributed by atoms with Gasteiger partial charge in [-0.2, -0.15) is 0 Å². The molecule has 0 radical (unpaired) electrons. The molecule has 3 rings (SSSR count). The molecule has 0 spiro atoms. The second-order valence-electron chi connectivity index (χ2n) is 5.22. The molecule has 1 N–H and O–H groups in total. The summed E-state index contributed by atoms with van der Waals surface area (Å²) in [6.07, 6.45) is 0.658. The Labute approximate surface area is 145 Å². The van der Waals surface area contributed by atoms with Crippen molar-refractivity contribution < 1.29 is 17.6 Å². The minimum atomic E-state index is -3.70. The highest BCUT2D eigenvalue weighted by Gasteiger charge is 2.15. The average Bonchev–Trinajstić information content (AvgIpc) is 3.11. The summed E-state index contributed by atoms with van der Waals surface area (Å²) >= 11 is 0. The standard InChI is InChI=1S/C17H17N3O4S/c1-3-16-18-19-17(24-16)12-7-9-13(10-8-12)20-25(21,22)15-6-4-5-14(11-15)23-2/h4-11,20H,3H2,1-2H3. The highest BCUT2D eigenvalue weighted by Crippen LogP contribution is 2.23. The molecule has 0 amide bonds. The first kappa shape index (κ1) is 17.0. The summed E-state index contributed by atoms with van der Waals surface area (Å²) in [7, 11) is -2.22. The number of aryl methyl sites for hydroxylation is 1. The number of rotatable bonds is 6.